The fourth-order valence-corrected chi connectivity index (χ4v) is 2.54. The van der Waals surface area contributed by atoms with Gasteiger partial charge in [-0.25, -0.2) is 4.68 Å². The van der Waals surface area contributed by atoms with Gasteiger partial charge in [-0.1, -0.05) is 0 Å². The van der Waals surface area contributed by atoms with E-state index >= 15 is 0 Å². The minimum absolute atomic E-state index is 0.147. The molecule has 7 nitrogen and oxygen atoms in total. The van der Waals surface area contributed by atoms with Crippen molar-refractivity contribution in [2.45, 2.75) is 33.1 Å². The second kappa shape index (κ2) is 6.84. The van der Waals surface area contributed by atoms with Gasteiger partial charge in [0.25, 0.3) is 5.56 Å². The average Bonchev–Trinajstić information content (AvgIpc) is 2.90. The molecule has 0 aliphatic carbocycles. The number of benzene rings is 1. The molecule has 126 valence electrons. The molecule has 1 aliphatic rings. The number of carbonyl (C=O) groups is 1. The maximum atomic E-state index is 12.2. The summed E-state index contributed by atoms with van der Waals surface area (Å²) in [7, 11) is 0. The molecule has 1 amide bonds. The van der Waals surface area contributed by atoms with E-state index in [2.05, 4.69) is 10.4 Å². The van der Waals surface area contributed by atoms with E-state index in [1.54, 1.807) is 24.3 Å². The summed E-state index contributed by atoms with van der Waals surface area (Å²) >= 11 is 0. The van der Waals surface area contributed by atoms with Crippen molar-refractivity contribution in [1.29, 1.82) is 0 Å². The molecule has 24 heavy (non-hydrogen) atoms. The Morgan fingerprint density at radius 2 is 2.17 bits per heavy atom. The average molecular weight is 329 g/mol. The molecule has 0 saturated carbocycles. The molecule has 0 bridgehead atoms. The zero-order valence-electron chi connectivity index (χ0n) is 13.6. The zero-order valence-corrected chi connectivity index (χ0v) is 13.6. The lowest BCUT2D eigenvalue weighted by Crippen LogP contribution is -2.30. The third-order valence-electron chi connectivity index (χ3n) is 3.73. The lowest BCUT2D eigenvalue weighted by Gasteiger charge is -2.09. The van der Waals surface area contributed by atoms with Crippen molar-refractivity contribution in [3.63, 3.8) is 0 Å². The summed E-state index contributed by atoms with van der Waals surface area (Å²) in [5.74, 6) is 0.418. The quantitative estimate of drug-likeness (QED) is 0.905. The summed E-state index contributed by atoms with van der Waals surface area (Å²) in [6.45, 7) is 4.60. The van der Waals surface area contributed by atoms with Crippen LogP contribution in [0.1, 0.15) is 31.2 Å². The summed E-state index contributed by atoms with van der Waals surface area (Å²) < 4.78 is 11.9. The van der Waals surface area contributed by atoms with Gasteiger partial charge in [0.05, 0.1) is 25.0 Å². The third kappa shape index (κ3) is 3.46. The zero-order chi connectivity index (χ0) is 17.1. The Morgan fingerprint density at radius 1 is 1.42 bits per heavy atom. The fraction of sp³-hybridized carbons (Fsp3) is 0.353. The van der Waals surface area contributed by atoms with Crippen LogP contribution in [0.5, 0.6) is 5.75 Å². The van der Waals surface area contributed by atoms with Gasteiger partial charge >= 0.3 is 0 Å². The summed E-state index contributed by atoms with van der Waals surface area (Å²) in [5.41, 5.74) is 1.82. The maximum Gasteiger partial charge on any atom is 0.267 e. The molecule has 0 fully saturated rings. The van der Waals surface area contributed by atoms with Crippen LogP contribution in [0, 0.1) is 0 Å². The van der Waals surface area contributed by atoms with Crippen LogP contribution in [0.3, 0.4) is 0 Å². The minimum Gasteiger partial charge on any atom is -0.494 e. The van der Waals surface area contributed by atoms with E-state index < -0.39 is 0 Å². The molecule has 3 rings (SSSR count). The Hall–Kier alpha value is -2.67. The van der Waals surface area contributed by atoms with Crippen molar-refractivity contribution < 1.29 is 14.3 Å². The van der Waals surface area contributed by atoms with Crippen LogP contribution >= 0.6 is 0 Å². The number of carbonyl (C=O) groups excluding carboxylic acids is 1. The SMILES string of the molecule is CCOc1ccc(NC(=O)Cn2nc3c(cc2=O)CO[C@@H]3C)cc1. The van der Waals surface area contributed by atoms with Gasteiger partial charge in [-0.3, -0.25) is 9.59 Å². The molecule has 0 radical (unpaired) electrons. The number of rotatable bonds is 5. The number of nitrogens with zero attached hydrogens (tertiary/aromatic N) is 2. The second-order valence-corrected chi connectivity index (χ2v) is 5.51. The summed E-state index contributed by atoms with van der Waals surface area (Å²) in [5, 5.41) is 6.99. The van der Waals surface area contributed by atoms with Crippen LogP contribution in [-0.4, -0.2) is 22.3 Å². The van der Waals surface area contributed by atoms with Crippen molar-refractivity contribution in [3.8, 4) is 5.75 Å². The van der Waals surface area contributed by atoms with Gasteiger partial charge in [0.15, 0.2) is 0 Å². The molecule has 1 atom stereocenters. The van der Waals surface area contributed by atoms with E-state index in [9.17, 15) is 9.59 Å². The first-order valence-electron chi connectivity index (χ1n) is 7.82. The Morgan fingerprint density at radius 3 is 2.88 bits per heavy atom. The molecule has 2 aromatic rings. The summed E-state index contributed by atoms with van der Waals surface area (Å²) in [6.07, 6.45) is -0.166. The van der Waals surface area contributed by atoms with Crippen LogP contribution in [0.25, 0.3) is 0 Å². The highest BCUT2D eigenvalue weighted by atomic mass is 16.5. The normalized spacial score (nSPS) is 15.8. The number of fused-ring (bicyclic) bond motifs is 1. The van der Waals surface area contributed by atoms with Crippen molar-refractivity contribution in [1.82, 2.24) is 9.78 Å². The molecule has 1 aromatic carbocycles. The number of ether oxygens (including phenoxy) is 2. The number of aromatic nitrogens is 2. The highest BCUT2D eigenvalue weighted by Crippen LogP contribution is 2.26. The summed E-state index contributed by atoms with van der Waals surface area (Å²) in [4.78, 5) is 24.2. The second-order valence-electron chi connectivity index (χ2n) is 5.51. The van der Waals surface area contributed by atoms with Gasteiger partial charge in [-0.2, -0.15) is 5.10 Å². The van der Waals surface area contributed by atoms with Crippen molar-refractivity contribution in [3.05, 3.63) is 51.9 Å². The molecule has 1 aliphatic heterocycles. The highest BCUT2D eigenvalue weighted by Gasteiger charge is 2.23. The number of amides is 1. The first-order valence-corrected chi connectivity index (χ1v) is 7.82. The number of hydrogen-bond acceptors (Lipinski definition) is 5. The van der Waals surface area contributed by atoms with E-state index in [1.165, 1.54) is 6.07 Å². The van der Waals surface area contributed by atoms with Gasteiger partial charge in [0.1, 0.15) is 12.3 Å². The van der Waals surface area contributed by atoms with Gasteiger partial charge < -0.3 is 14.8 Å². The molecule has 7 heteroatoms. The minimum atomic E-state index is -0.319. The van der Waals surface area contributed by atoms with Gasteiger partial charge in [-0.15, -0.1) is 0 Å². The van der Waals surface area contributed by atoms with Crippen LogP contribution < -0.4 is 15.6 Å². The smallest absolute Gasteiger partial charge is 0.267 e. The monoisotopic (exact) mass is 329 g/mol. The molecule has 1 N–H and O–H groups in total. The molecular formula is C17H19N3O4. The van der Waals surface area contributed by atoms with Crippen LogP contribution in [0.15, 0.2) is 35.1 Å². The largest absolute Gasteiger partial charge is 0.494 e. The predicted molar refractivity (Wildman–Crippen MR) is 87.9 cm³/mol. The van der Waals surface area contributed by atoms with E-state index in [1.807, 2.05) is 13.8 Å². The van der Waals surface area contributed by atoms with Gasteiger partial charge in [-0.05, 0) is 38.1 Å². The van der Waals surface area contributed by atoms with E-state index in [4.69, 9.17) is 9.47 Å². The van der Waals surface area contributed by atoms with Crippen LogP contribution in [-0.2, 0) is 22.7 Å². The first kappa shape index (κ1) is 16.2. The fourth-order valence-electron chi connectivity index (χ4n) is 2.54. The van der Waals surface area contributed by atoms with E-state index in [0.717, 1.165) is 16.0 Å². The molecule has 0 saturated heterocycles. The predicted octanol–water partition coefficient (Wildman–Crippen LogP) is 1.87. The van der Waals surface area contributed by atoms with Gasteiger partial charge in [0, 0.05) is 17.3 Å². The van der Waals surface area contributed by atoms with Crippen molar-refractivity contribution in [2.24, 2.45) is 0 Å². The Bertz CT molecular complexity index is 798. The highest BCUT2D eigenvalue weighted by molar-refractivity contribution is 5.90. The van der Waals surface area contributed by atoms with Gasteiger partial charge in [0.2, 0.25) is 5.91 Å². The number of nitrogens with one attached hydrogen (secondary N) is 1. The van der Waals surface area contributed by atoms with E-state index in [0.29, 0.717) is 24.6 Å². The Balaban J connectivity index is 1.69. The van der Waals surface area contributed by atoms with Crippen LogP contribution in [0.4, 0.5) is 5.69 Å². The Kier molecular flexibility index (Phi) is 4.61. The number of anilines is 1. The lowest BCUT2D eigenvalue weighted by atomic mass is 10.2. The Labute approximate surface area is 139 Å². The molecule has 2 heterocycles. The van der Waals surface area contributed by atoms with E-state index in [-0.39, 0.29) is 24.1 Å². The molecule has 0 unspecified atom stereocenters. The topological polar surface area (TPSA) is 82.5 Å². The third-order valence-corrected chi connectivity index (χ3v) is 3.73. The molecule has 0 spiro atoms. The van der Waals surface area contributed by atoms with Crippen molar-refractivity contribution >= 4 is 11.6 Å². The standard InChI is InChI=1S/C17H19N3O4/c1-3-23-14-6-4-13(5-7-14)18-15(21)9-20-16(22)8-12-10-24-11(2)17(12)19-20/h4-8,11H,3,9-10H2,1-2H3,(H,18,21)/t11-/m1/s1. The van der Waals surface area contributed by atoms with Crippen molar-refractivity contribution in [2.75, 3.05) is 11.9 Å². The molecule has 1 aromatic heterocycles. The summed E-state index contributed by atoms with van der Waals surface area (Å²) in [6, 6.07) is 8.53. The first-order chi connectivity index (χ1) is 11.6. The lowest BCUT2D eigenvalue weighted by molar-refractivity contribution is -0.117. The molecular weight excluding hydrogens is 310 g/mol. The maximum absolute atomic E-state index is 12.2. The van der Waals surface area contributed by atoms with Crippen LogP contribution in [0.2, 0.25) is 0 Å². The number of hydrogen-bond donors (Lipinski definition) is 1.